The molecule has 0 spiro atoms. The van der Waals surface area contributed by atoms with Crippen LogP contribution in [-0.4, -0.2) is 14.5 Å². The van der Waals surface area contributed by atoms with E-state index in [9.17, 15) is 0 Å². The van der Waals surface area contributed by atoms with Gasteiger partial charge in [-0.2, -0.15) is 0 Å². The van der Waals surface area contributed by atoms with Gasteiger partial charge in [-0.15, -0.1) is 0 Å². The lowest BCUT2D eigenvalue weighted by atomic mass is 9.93. The Morgan fingerprint density at radius 3 is 1.88 bits per heavy atom. The second-order valence-electron chi connectivity index (χ2n) is 13.4. The summed E-state index contributed by atoms with van der Waals surface area (Å²) < 4.78 is 2.29. The summed E-state index contributed by atoms with van der Waals surface area (Å²) in [5.74, 6) is 0.895. The smallest absolute Gasteiger partial charge is 0.137 e. The van der Waals surface area contributed by atoms with Crippen LogP contribution in [0.2, 0.25) is 0 Å². The Hall–Kier alpha value is -7.04. The first-order valence-electron chi connectivity index (χ1n) is 17.7. The monoisotopic (exact) mass is 662 g/mol. The topological polar surface area (TPSA) is 34.0 Å². The summed E-state index contributed by atoms with van der Waals surface area (Å²) in [6.45, 7) is 0. The van der Waals surface area contributed by atoms with E-state index in [1.54, 1.807) is 0 Å². The van der Waals surface area contributed by atoms with Crippen LogP contribution in [0.5, 0.6) is 0 Å². The molecule has 0 bridgehead atoms. The van der Waals surface area contributed by atoms with E-state index in [1.807, 2.05) is 12.3 Å². The zero-order chi connectivity index (χ0) is 34.2. The number of pyridine rings is 2. The van der Waals surface area contributed by atoms with Gasteiger partial charge in [0.05, 0.1) is 33.6 Å². The maximum absolute atomic E-state index is 5.31. The normalized spacial score (nSPS) is 12.2. The summed E-state index contributed by atoms with van der Waals surface area (Å²) >= 11 is 0. The van der Waals surface area contributed by atoms with Crippen molar-refractivity contribution in [2.45, 2.75) is 0 Å². The summed E-state index contributed by atoms with van der Waals surface area (Å²) in [4.78, 5) is 12.6. The Kier molecular flexibility index (Phi) is 6.22. The number of fused-ring (bicyclic) bond motifs is 11. The van der Waals surface area contributed by atoms with Crippen LogP contribution in [0.1, 0.15) is 0 Å². The number of nitrogens with zero attached hydrogens (tertiary/aromatic N) is 4. The lowest BCUT2D eigenvalue weighted by molar-refractivity contribution is 1.08. The van der Waals surface area contributed by atoms with Crippen LogP contribution in [0.25, 0.3) is 82.8 Å². The highest BCUT2D eigenvalue weighted by Gasteiger charge is 2.27. The van der Waals surface area contributed by atoms with Gasteiger partial charge in [0.15, 0.2) is 0 Å². The number of para-hydroxylation sites is 3. The second kappa shape index (κ2) is 11.2. The lowest BCUT2D eigenvalue weighted by Gasteiger charge is -2.28. The van der Waals surface area contributed by atoms with Gasteiger partial charge in [-0.1, -0.05) is 127 Å². The Bertz CT molecular complexity index is 3030. The summed E-state index contributed by atoms with van der Waals surface area (Å²) in [7, 11) is 0. The molecular weight excluding hydrogens is 633 g/mol. The summed E-state index contributed by atoms with van der Waals surface area (Å²) in [6, 6.07) is 63.1. The molecule has 0 unspecified atom stereocenters. The van der Waals surface area contributed by atoms with Crippen molar-refractivity contribution in [1.82, 2.24) is 14.5 Å². The van der Waals surface area contributed by atoms with Crippen molar-refractivity contribution in [3.05, 3.63) is 182 Å². The molecule has 11 rings (SSSR count). The molecular formula is C48H30N4. The minimum atomic E-state index is 0.895. The van der Waals surface area contributed by atoms with Gasteiger partial charge in [0.1, 0.15) is 5.82 Å². The average molecular weight is 663 g/mol. The van der Waals surface area contributed by atoms with Crippen LogP contribution in [0.15, 0.2) is 182 Å². The van der Waals surface area contributed by atoms with Crippen molar-refractivity contribution in [2.75, 3.05) is 4.90 Å². The van der Waals surface area contributed by atoms with E-state index >= 15 is 0 Å². The predicted octanol–water partition coefficient (Wildman–Crippen LogP) is 12.7. The molecule has 52 heavy (non-hydrogen) atoms. The number of anilines is 3. The molecule has 7 aromatic carbocycles. The Balaban J connectivity index is 1.22. The first kappa shape index (κ1) is 28.8. The molecule has 3 aromatic heterocycles. The van der Waals surface area contributed by atoms with Crippen LogP contribution in [0.4, 0.5) is 17.1 Å². The first-order chi connectivity index (χ1) is 25.8. The molecule has 0 saturated carbocycles. The van der Waals surface area contributed by atoms with Gasteiger partial charge in [0, 0.05) is 50.1 Å². The van der Waals surface area contributed by atoms with E-state index in [4.69, 9.17) is 9.97 Å². The minimum absolute atomic E-state index is 0.895. The van der Waals surface area contributed by atoms with E-state index in [-0.39, 0.29) is 0 Å². The molecule has 0 fully saturated rings. The molecule has 4 nitrogen and oxygen atoms in total. The van der Waals surface area contributed by atoms with Crippen LogP contribution in [-0.2, 0) is 0 Å². The number of hydrogen-bond donors (Lipinski definition) is 0. The number of hydrogen-bond acceptors (Lipinski definition) is 3. The van der Waals surface area contributed by atoms with Crippen molar-refractivity contribution in [2.24, 2.45) is 0 Å². The fraction of sp³-hybridized carbons (Fsp3) is 0. The quantitative estimate of drug-likeness (QED) is 0.177. The molecule has 4 heteroatoms. The van der Waals surface area contributed by atoms with E-state index in [2.05, 4.69) is 179 Å². The molecule has 1 aliphatic rings. The van der Waals surface area contributed by atoms with Gasteiger partial charge in [0.2, 0.25) is 0 Å². The standard InChI is InChI=1S/C48H30N4/c1-2-14-34-33(13-1)37-17-6-9-21-43(37)51(32-25-27-40-38-18-7-10-22-44(38)52(46(40)30-32)47-23-11-12-28-49-47)45-29-31(24-26-39(34)45)48-41-19-4-3-15-35(41)36-16-5-8-20-42(36)50-48/h1-30H. The van der Waals surface area contributed by atoms with E-state index in [1.165, 1.54) is 38.4 Å². The molecule has 4 heterocycles. The summed E-state index contributed by atoms with van der Waals surface area (Å²) in [5, 5.41) is 5.91. The zero-order valence-corrected chi connectivity index (χ0v) is 28.1. The zero-order valence-electron chi connectivity index (χ0n) is 28.1. The maximum Gasteiger partial charge on any atom is 0.137 e. The van der Waals surface area contributed by atoms with E-state index < -0.39 is 0 Å². The van der Waals surface area contributed by atoms with Gasteiger partial charge < -0.3 is 4.90 Å². The van der Waals surface area contributed by atoms with Crippen LogP contribution >= 0.6 is 0 Å². The van der Waals surface area contributed by atoms with Crippen molar-refractivity contribution < 1.29 is 0 Å². The molecule has 0 atom stereocenters. The fourth-order valence-electron chi connectivity index (χ4n) is 8.30. The number of benzene rings is 7. The lowest BCUT2D eigenvalue weighted by Crippen LogP contribution is -2.11. The molecule has 0 saturated heterocycles. The highest BCUT2D eigenvalue weighted by atomic mass is 15.2. The molecule has 0 radical (unpaired) electrons. The van der Waals surface area contributed by atoms with E-state index in [0.717, 1.165) is 61.5 Å². The maximum atomic E-state index is 5.31. The third-order valence-corrected chi connectivity index (χ3v) is 10.6. The van der Waals surface area contributed by atoms with Crippen molar-refractivity contribution in [1.29, 1.82) is 0 Å². The first-order valence-corrected chi connectivity index (χ1v) is 17.7. The molecule has 10 aromatic rings. The highest BCUT2D eigenvalue weighted by Crippen LogP contribution is 2.52. The molecule has 0 amide bonds. The minimum Gasteiger partial charge on any atom is -0.309 e. The molecule has 242 valence electrons. The molecule has 0 aliphatic carbocycles. The number of aromatic nitrogens is 3. The third kappa shape index (κ3) is 4.21. The van der Waals surface area contributed by atoms with Gasteiger partial charge in [-0.25, -0.2) is 9.97 Å². The van der Waals surface area contributed by atoms with Crippen LogP contribution in [0.3, 0.4) is 0 Å². The van der Waals surface area contributed by atoms with Gasteiger partial charge in [-0.05, 0) is 65.0 Å². The summed E-state index contributed by atoms with van der Waals surface area (Å²) in [6.07, 6.45) is 1.87. The second-order valence-corrected chi connectivity index (χ2v) is 13.4. The van der Waals surface area contributed by atoms with Gasteiger partial charge in [0.25, 0.3) is 0 Å². The van der Waals surface area contributed by atoms with Crippen LogP contribution < -0.4 is 4.90 Å². The van der Waals surface area contributed by atoms with Gasteiger partial charge >= 0.3 is 0 Å². The molecule has 0 N–H and O–H groups in total. The Morgan fingerprint density at radius 1 is 0.404 bits per heavy atom. The average Bonchev–Trinajstić information content (AvgIpc) is 3.48. The van der Waals surface area contributed by atoms with Crippen molar-refractivity contribution in [3.63, 3.8) is 0 Å². The molecule has 1 aliphatic heterocycles. The number of rotatable bonds is 3. The van der Waals surface area contributed by atoms with Gasteiger partial charge in [-0.3, -0.25) is 4.57 Å². The fourth-order valence-corrected chi connectivity index (χ4v) is 8.30. The third-order valence-electron chi connectivity index (χ3n) is 10.6. The Labute approximate surface area is 300 Å². The SMILES string of the molecule is c1ccc(-n2c3ccccc3c3ccc(N4c5ccccc5-c5ccccc5-c5ccc(-c6nc7ccccc7c7ccccc67)cc54)cc32)nc1. The van der Waals surface area contributed by atoms with E-state index in [0.29, 0.717) is 0 Å². The summed E-state index contributed by atoms with van der Waals surface area (Å²) in [5.41, 5.74) is 13.4. The van der Waals surface area contributed by atoms with Crippen molar-refractivity contribution >= 4 is 60.5 Å². The largest absolute Gasteiger partial charge is 0.309 e. The van der Waals surface area contributed by atoms with Crippen molar-refractivity contribution in [3.8, 4) is 39.3 Å². The predicted molar refractivity (Wildman–Crippen MR) is 216 cm³/mol. The highest BCUT2D eigenvalue weighted by molar-refractivity contribution is 6.13. The van der Waals surface area contributed by atoms with Crippen LogP contribution in [0, 0.1) is 0 Å². The Morgan fingerprint density at radius 2 is 1.06 bits per heavy atom.